The van der Waals surface area contributed by atoms with Gasteiger partial charge in [-0.15, -0.1) is 0 Å². The van der Waals surface area contributed by atoms with E-state index >= 15 is 0 Å². The molecule has 4 nitrogen and oxygen atoms in total. The number of fused-ring (bicyclic) bond motifs is 1. The van der Waals surface area contributed by atoms with Crippen molar-refractivity contribution in [3.05, 3.63) is 59.7 Å². The third-order valence-corrected chi connectivity index (χ3v) is 5.67. The zero-order chi connectivity index (χ0) is 18.3. The van der Waals surface area contributed by atoms with E-state index in [0.29, 0.717) is 6.04 Å². The second kappa shape index (κ2) is 6.93. The lowest BCUT2D eigenvalue weighted by Gasteiger charge is -2.26. The number of benzene rings is 2. The molecule has 26 heavy (non-hydrogen) atoms. The number of anilines is 2. The molecule has 4 heteroatoms. The van der Waals surface area contributed by atoms with Crippen LogP contribution in [-0.4, -0.2) is 45.9 Å². The SMILES string of the molecule is CN(C)c1ccc([C@H]2OC3CCCN3[C@@H]2c2ccc(N(C)C)cc2)cc1. The molecule has 0 saturated carbocycles. The molecule has 2 aromatic rings. The molecule has 0 aromatic heterocycles. The Balaban J connectivity index is 1.66. The molecule has 0 spiro atoms. The Kier molecular flexibility index (Phi) is 4.63. The van der Waals surface area contributed by atoms with Crippen LogP contribution < -0.4 is 9.80 Å². The van der Waals surface area contributed by atoms with Crippen LogP contribution in [0, 0.1) is 0 Å². The minimum atomic E-state index is 0.0988. The molecule has 4 rings (SSSR count). The first-order valence-electron chi connectivity index (χ1n) is 9.50. The average molecular weight is 351 g/mol. The zero-order valence-electron chi connectivity index (χ0n) is 16.2. The highest BCUT2D eigenvalue weighted by Crippen LogP contribution is 2.48. The van der Waals surface area contributed by atoms with Crippen molar-refractivity contribution in [2.45, 2.75) is 31.2 Å². The highest BCUT2D eigenvalue weighted by atomic mass is 16.5. The molecule has 2 aliphatic heterocycles. The molecule has 1 unspecified atom stereocenters. The van der Waals surface area contributed by atoms with Gasteiger partial charge in [0.1, 0.15) is 12.3 Å². The van der Waals surface area contributed by atoms with E-state index in [4.69, 9.17) is 4.74 Å². The third-order valence-electron chi connectivity index (χ3n) is 5.67. The summed E-state index contributed by atoms with van der Waals surface area (Å²) in [5.74, 6) is 0. The van der Waals surface area contributed by atoms with Crippen molar-refractivity contribution in [2.75, 3.05) is 44.5 Å². The Bertz CT molecular complexity index is 739. The molecular weight excluding hydrogens is 322 g/mol. The van der Waals surface area contributed by atoms with E-state index in [9.17, 15) is 0 Å². The van der Waals surface area contributed by atoms with E-state index in [1.54, 1.807) is 0 Å². The van der Waals surface area contributed by atoms with Gasteiger partial charge in [0.25, 0.3) is 0 Å². The van der Waals surface area contributed by atoms with Crippen LogP contribution in [0.25, 0.3) is 0 Å². The van der Waals surface area contributed by atoms with E-state index in [0.717, 1.165) is 13.0 Å². The Morgan fingerprint density at radius 3 is 1.88 bits per heavy atom. The Hall–Kier alpha value is -2.04. The Morgan fingerprint density at radius 1 is 0.808 bits per heavy atom. The maximum atomic E-state index is 6.52. The molecule has 2 heterocycles. The summed E-state index contributed by atoms with van der Waals surface area (Å²) in [5.41, 5.74) is 5.07. The standard InChI is InChI=1S/C22H29N3O/c1-23(2)18-11-7-16(8-12-18)21-22(26-20-6-5-15-25(20)21)17-9-13-19(14-10-17)24(3)4/h7-14,20-22H,5-6,15H2,1-4H3/t20?,21-,22-/m1/s1. The molecule has 2 saturated heterocycles. The molecular formula is C22H29N3O. The van der Waals surface area contributed by atoms with E-state index in [-0.39, 0.29) is 12.3 Å². The highest BCUT2D eigenvalue weighted by molar-refractivity contribution is 5.48. The van der Waals surface area contributed by atoms with Gasteiger partial charge in [-0.1, -0.05) is 24.3 Å². The highest BCUT2D eigenvalue weighted by Gasteiger charge is 2.45. The average Bonchev–Trinajstić information content (AvgIpc) is 3.23. The summed E-state index contributed by atoms with van der Waals surface area (Å²) < 4.78 is 6.52. The molecule has 0 aliphatic carbocycles. The van der Waals surface area contributed by atoms with Crippen LogP contribution in [0.15, 0.2) is 48.5 Å². The third kappa shape index (κ3) is 3.08. The van der Waals surface area contributed by atoms with Crippen molar-refractivity contribution in [3.8, 4) is 0 Å². The number of ether oxygens (including phenoxy) is 1. The summed E-state index contributed by atoms with van der Waals surface area (Å²) >= 11 is 0. The van der Waals surface area contributed by atoms with Crippen LogP contribution in [0.1, 0.15) is 36.1 Å². The smallest absolute Gasteiger partial charge is 0.112 e. The van der Waals surface area contributed by atoms with Gasteiger partial charge in [0.2, 0.25) is 0 Å². The molecule has 138 valence electrons. The fourth-order valence-electron chi connectivity index (χ4n) is 4.20. The minimum Gasteiger partial charge on any atom is -0.378 e. The van der Waals surface area contributed by atoms with Gasteiger partial charge in [0, 0.05) is 46.1 Å². The summed E-state index contributed by atoms with van der Waals surface area (Å²) in [7, 11) is 8.32. The van der Waals surface area contributed by atoms with E-state index in [1.807, 2.05) is 0 Å². The predicted molar refractivity (Wildman–Crippen MR) is 108 cm³/mol. The van der Waals surface area contributed by atoms with Crippen LogP contribution in [-0.2, 0) is 4.74 Å². The van der Waals surface area contributed by atoms with Crippen LogP contribution in [0.3, 0.4) is 0 Å². The van der Waals surface area contributed by atoms with Crippen LogP contribution in [0.2, 0.25) is 0 Å². The quantitative estimate of drug-likeness (QED) is 0.827. The lowest BCUT2D eigenvalue weighted by atomic mass is 9.95. The normalized spacial score (nSPS) is 25.3. The first kappa shape index (κ1) is 17.4. The minimum absolute atomic E-state index is 0.0988. The summed E-state index contributed by atoms with van der Waals surface area (Å²) in [6, 6.07) is 18.1. The largest absolute Gasteiger partial charge is 0.378 e. The predicted octanol–water partition coefficient (Wildman–Crippen LogP) is 4.05. The van der Waals surface area contributed by atoms with Crippen molar-refractivity contribution in [2.24, 2.45) is 0 Å². The van der Waals surface area contributed by atoms with Gasteiger partial charge >= 0.3 is 0 Å². The second-order valence-electron chi connectivity index (χ2n) is 7.81. The number of hydrogen-bond donors (Lipinski definition) is 0. The summed E-state index contributed by atoms with van der Waals surface area (Å²) in [6.07, 6.45) is 2.72. The van der Waals surface area contributed by atoms with Crippen LogP contribution in [0.4, 0.5) is 11.4 Å². The molecule has 2 aromatic carbocycles. The van der Waals surface area contributed by atoms with Gasteiger partial charge < -0.3 is 14.5 Å². The molecule has 0 radical (unpaired) electrons. The van der Waals surface area contributed by atoms with Gasteiger partial charge in [0.15, 0.2) is 0 Å². The van der Waals surface area contributed by atoms with Crippen molar-refractivity contribution in [1.82, 2.24) is 4.90 Å². The Labute approximate surface area is 157 Å². The first-order chi connectivity index (χ1) is 12.5. The summed E-state index contributed by atoms with van der Waals surface area (Å²) in [5, 5.41) is 0. The zero-order valence-corrected chi connectivity index (χ0v) is 16.2. The lowest BCUT2D eigenvalue weighted by molar-refractivity contribution is 0.0174. The maximum Gasteiger partial charge on any atom is 0.112 e. The monoisotopic (exact) mass is 351 g/mol. The topological polar surface area (TPSA) is 19.0 Å². The molecule has 2 aliphatic rings. The first-order valence-corrected chi connectivity index (χ1v) is 9.50. The molecule has 0 N–H and O–H groups in total. The van der Waals surface area contributed by atoms with Gasteiger partial charge in [0.05, 0.1) is 6.04 Å². The number of hydrogen-bond acceptors (Lipinski definition) is 4. The Morgan fingerprint density at radius 2 is 1.35 bits per heavy atom. The second-order valence-corrected chi connectivity index (χ2v) is 7.81. The molecule has 0 bridgehead atoms. The maximum absolute atomic E-state index is 6.52. The van der Waals surface area contributed by atoms with Crippen LogP contribution in [0.5, 0.6) is 0 Å². The van der Waals surface area contributed by atoms with E-state index < -0.39 is 0 Å². The van der Waals surface area contributed by atoms with Crippen molar-refractivity contribution < 1.29 is 4.74 Å². The molecule has 0 amide bonds. The van der Waals surface area contributed by atoms with Crippen molar-refractivity contribution in [1.29, 1.82) is 0 Å². The van der Waals surface area contributed by atoms with Crippen molar-refractivity contribution >= 4 is 11.4 Å². The van der Waals surface area contributed by atoms with Gasteiger partial charge in [-0.05, 0) is 48.2 Å². The van der Waals surface area contributed by atoms with E-state index in [1.165, 1.54) is 28.9 Å². The molecule has 3 atom stereocenters. The van der Waals surface area contributed by atoms with E-state index in [2.05, 4.69) is 91.4 Å². The lowest BCUT2D eigenvalue weighted by Crippen LogP contribution is -2.27. The number of nitrogens with zero attached hydrogens (tertiary/aromatic N) is 3. The van der Waals surface area contributed by atoms with Crippen molar-refractivity contribution in [3.63, 3.8) is 0 Å². The van der Waals surface area contributed by atoms with Gasteiger partial charge in [-0.3, -0.25) is 4.90 Å². The fourth-order valence-corrected chi connectivity index (χ4v) is 4.20. The summed E-state index contributed by atoms with van der Waals surface area (Å²) in [6.45, 7) is 1.12. The fraction of sp³-hybridized carbons (Fsp3) is 0.455. The van der Waals surface area contributed by atoms with Gasteiger partial charge in [-0.2, -0.15) is 0 Å². The van der Waals surface area contributed by atoms with Gasteiger partial charge in [-0.25, -0.2) is 0 Å². The number of rotatable bonds is 4. The van der Waals surface area contributed by atoms with Crippen LogP contribution >= 0.6 is 0 Å². The summed E-state index contributed by atoms with van der Waals surface area (Å²) in [4.78, 5) is 6.83. The molecule has 2 fully saturated rings.